The van der Waals surface area contributed by atoms with Gasteiger partial charge in [-0.05, 0) is 17.7 Å². The predicted molar refractivity (Wildman–Crippen MR) is 98.0 cm³/mol. The predicted octanol–water partition coefficient (Wildman–Crippen LogP) is 2.17. The van der Waals surface area contributed by atoms with Crippen LogP contribution in [-0.2, 0) is 13.1 Å². The second-order valence-electron chi connectivity index (χ2n) is 6.02. The Labute approximate surface area is 146 Å². The minimum atomic E-state index is -0.0364. The van der Waals surface area contributed by atoms with Crippen molar-refractivity contribution in [2.45, 2.75) is 13.1 Å². The van der Waals surface area contributed by atoms with Gasteiger partial charge in [-0.3, -0.25) is 4.79 Å². The molecule has 0 spiro atoms. The molecule has 5 nitrogen and oxygen atoms in total. The second-order valence-corrected chi connectivity index (χ2v) is 6.02. The summed E-state index contributed by atoms with van der Waals surface area (Å²) in [7, 11) is 0. The number of carbonyl (C=O) groups excluding carboxylic acids is 1. The average molecular weight is 330 g/mol. The highest BCUT2D eigenvalue weighted by Gasteiger charge is 2.21. The van der Waals surface area contributed by atoms with Crippen molar-refractivity contribution in [2.24, 2.45) is 0 Å². The zero-order valence-electron chi connectivity index (χ0n) is 13.7. The highest BCUT2D eigenvalue weighted by Crippen LogP contribution is 2.28. The van der Waals surface area contributed by atoms with Crippen molar-refractivity contribution in [1.29, 1.82) is 0 Å². The fraction of sp³-hybridized carbons (Fsp3) is 0.200. The van der Waals surface area contributed by atoms with Gasteiger partial charge in [0.25, 0.3) is 5.91 Å². The molecule has 3 aromatic rings. The van der Waals surface area contributed by atoms with Crippen LogP contribution >= 0.6 is 0 Å². The fourth-order valence-corrected chi connectivity index (χ4v) is 3.23. The van der Waals surface area contributed by atoms with Crippen molar-refractivity contribution in [3.63, 3.8) is 0 Å². The Morgan fingerprint density at radius 3 is 2.88 bits per heavy atom. The first-order chi connectivity index (χ1) is 12.3. The molecule has 2 N–H and O–H groups in total. The van der Waals surface area contributed by atoms with Crippen molar-refractivity contribution >= 4 is 16.9 Å². The van der Waals surface area contributed by atoms with E-state index in [2.05, 4.69) is 45.4 Å². The fourth-order valence-electron chi connectivity index (χ4n) is 3.23. The summed E-state index contributed by atoms with van der Waals surface area (Å²) in [6.45, 7) is 2.60. The number of amides is 1. The van der Waals surface area contributed by atoms with Crippen LogP contribution < -0.4 is 10.6 Å². The lowest BCUT2D eigenvalue weighted by molar-refractivity contribution is 0.0956. The van der Waals surface area contributed by atoms with Crippen LogP contribution in [0.3, 0.4) is 0 Å². The van der Waals surface area contributed by atoms with Crippen LogP contribution in [0.15, 0.2) is 42.5 Å². The quantitative estimate of drug-likeness (QED) is 0.569. The Bertz CT molecular complexity index is 979. The molecule has 1 aliphatic rings. The van der Waals surface area contributed by atoms with E-state index in [0.717, 1.165) is 29.0 Å². The van der Waals surface area contributed by atoms with Gasteiger partial charge in [0.1, 0.15) is 5.82 Å². The van der Waals surface area contributed by atoms with E-state index in [0.29, 0.717) is 25.2 Å². The number of terminal acetylenes is 1. The van der Waals surface area contributed by atoms with Crippen LogP contribution in [0, 0.1) is 12.3 Å². The summed E-state index contributed by atoms with van der Waals surface area (Å²) in [6.07, 6.45) is 5.25. The topological polar surface area (TPSA) is 59.0 Å². The Balaban J connectivity index is 1.74. The first kappa shape index (κ1) is 15.4. The van der Waals surface area contributed by atoms with Gasteiger partial charge >= 0.3 is 0 Å². The van der Waals surface area contributed by atoms with Crippen molar-refractivity contribution in [1.82, 2.24) is 20.2 Å². The molecule has 25 heavy (non-hydrogen) atoms. The molecule has 0 radical (unpaired) electrons. The van der Waals surface area contributed by atoms with Gasteiger partial charge in [0, 0.05) is 25.2 Å². The summed E-state index contributed by atoms with van der Waals surface area (Å²) in [4.78, 5) is 17.0. The van der Waals surface area contributed by atoms with E-state index in [-0.39, 0.29) is 5.91 Å². The van der Waals surface area contributed by atoms with Crippen LogP contribution in [0.1, 0.15) is 15.9 Å². The molecule has 4 rings (SSSR count). The zero-order chi connectivity index (χ0) is 17.2. The number of rotatable bonds is 4. The molecule has 5 heteroatoms. The summed E-state index contributed by atoms with van der Waals surface area (Å²) in [5, 5.41) is 6.12. The average Bonchev–Trinajstić information content (AvgIpc) is 2.92. The lowest BCUT2D eigenvalue weighted by Gasteiger charge is -2.08. The van der Waals surface area contributed by atoms with E-state index in [1.807, 2.05) is 18.2 Å². The number of carbonyl (C=O) groups is 1. The lowest BCUT2D eigenvalue weighted by Crippen LogP contribution is -2.24. The van der Waals surface area contributed by atoms with E-state index in [4.69, 9.17) is 11.4 Å². The van der Waals surface area contributed by atoms with Gasteiger partial charge < -0.3 is 15.2 Å². The number of imidazole rings is 1. The maximum Gasteiger partial charge on any atom is 0.253 e. The van der Waals surface area contributed by atoms with E-state index in [1.54, 1.807) is 0 Å². The van der Waals surface area contributed by atoms with Crippen LogP contribution in [-0.4, -0.2) is 28.5 Å². The monoisotopic (exact) mass is 330 g/mol. The summed E-state index contributed by atoms with van der Waals surface area (Å²) in [6, 6.07) is 14.0. The van der Waals surface area contributed by atoms with Crippen molar-refractivity contribution in [2.75, 3.05) is 13.1 Å². The number of hydrogen-bond acceptors (Lipinski definition) is 3. The molecule has 1 amide bonds. The SMILES string of the molecule is C#CCNCc1ccc(-c2nc3cccc4c3n2CCNC4=O)cc1. The van der Waals surface area contributed by atoms with Gasteiger partial charge in [-0.25, -0.2) is 4.98 Å². The summed E-state index contributed by atoms with van der Waals surface area (Å²) < 4.78 is 2.13. The first-order valence-corrected chi connectivity index (χ1v) is 8.29. The normalized spacial score (nSPS) is 13.3. The summed E-state index contributed by atoms with van der Waals surface area (Å²) in [5.41, 5.74) is 4.65. The van der Waals surface area contributed by atoms with Gasteiger partial charge in [0.05, 0.1) is 23.1 Å². The standard InChI is InChI=1S/C20H18N4O/c1-2-10-21-13-14-6-8-15(9-7-14)19-23-17-5-3-4-16-18(17)24(19)12-11-22-20(16)25/h1,3-9,21H,10-13H2,(H,22,25). The van der Waals surface area contributed by atoms with Gasteiger partial charge in [-0.15, -0.1) is 6.42 Å². The number of para-hydroxylation sites is 1. The number of hydrogen-bond donors (Lipinski definition) is 2. The molecule has 0 bridgehead atoms. The van der Waals surface area contributed by atoms with Crippen molar-refractivity contribution in [3.8, 4) is 23.7 Å². The number of aromatic nitrogens is 2. The van der Waals surface area contributed by atoms with E-state index in [1.165, 1.54) is 5.56 Å². The van der Waals surface area contributed by atoms with Gasteiger partial charge in [-0.2, -0.15) is 0 Å². The van der Waals surface area contributed by atoms with E-state index < -0.39 is 0 Å². The van der Waals surface area contributed by atoms with Crippen molar-refractivity contribution < 1.29 is 4.79 Å². The Morgan fingerprint density at radius 1 is 1.24 bits per heavy atom. The molecule has 124 valence electrons. The third-order valence-electron chi connectivity index (χ3n) is 4.40. The molecular weight excluding hydrogens is 312 g/mol. The third kappa shape index (κ3) is 2.77. The molecule has 0 aliphatic carbocycles. The van der Waals surface area contributed by atoms with Gasteiger partial charge in [0.15, 0.2) is 0 Å². The first-order valence-electron chi connectivity index (χ1n) is 8.29. The van der Waals surface area contributed by atoms with Crippen LogP contribution in [0.5, 0.6) is 0 Å². The maximum atomic E-state index is 12.2. The molecule has 1 aliphatic heterocycles. The number of nitrogens with one attached hydrogen (secondary N) is 2. The molecule has 0 unspecified atom stereocenters. The lowest BCUT2D eigenvalue weighted by atomic mass is 10.1. The summed E-state index contributed by atoms with van der Waals surface area (Å²) in [5.74, 6) is 3.42. The summed E-state index contributed by atoms with van der Waals surface area (Å²) >= 11 is 0. The van der Waals surface area contributed by atoms with Crippen LogP contribution in [0.2, 0.25) is 0 Å². The molecular formula is C20H18N4O. The molecule has 2 heterocycles. The van der Waals surface area contributed by atoms with Crippen molar-refractivity contribution in [3.05, 3.63) is 53.6 Å². The van der Waals surface area contributed by atoms with Gasteiger partial charge in [-0.1, -0.05) is 36.3 Å². The number of nitrogens with zero attached hydrogens (tertiary/aromatic N) is 2. The number of benzene rings is 2. The molecule has 0 saturated carbocycles. The largest absolute Gasteiger partial charge is 0.350 e. The molecule has 0 atom stereocenters. The molecule has 2 aromatic carbocycles. The second kappa shape index (κ2) is 6.42. The molecule has 0 saturated heterocycles. The minimum absolute atomic E-state index is 0.0364. The van der Waals surface area contributed by atoms with E-state index >= 15 is 0 Å². The Kier molecular flexibility index (Phi) is 3.96. The highest BCUT2D eigenvalue weighted by molar-refractivity contribution is 6.06. The molecule has 1 aromatic heterocycles. The minimum Gasteiger partial charge on any atom is -0.350 e. The molecule has 0 fully saturated rings. The Hall–Kier alpha value is -3.10. The smallest absolute Gasteiger partial charge is 0.253 e. The van der Waals surface area contributed by atoms with Gasteiger partial charge in [0.2, 0.25) is 0 Å². The maximum absolute atomic E-state index is 12.2. The Morgan fingerprint density at radius 2 is 2.08 bits per heavy atom. The van der Waals surface area contributed by atoms with E-state index in [9.17, 15) is 4.79 Å². The van der Waals surface area contributed by atoms with Crippen LogP contribution in [0.25, 0.3) is 22.4 Å². The highest BCUT2D eigenvalue weighted by atomic mass is 16.1. The third-order valence-corrected chi connectivity index (χ3v) is 4.40. The van der Waals surface area contributed by atoms with Crippen LogP contribution in [0.4, 0.5) is 0 Å². The zero-order valence-corrected chi connectivity index (χ0v) is 13.7.